The molecule has 322 valence electrons. The highest BCUT2D eigenvalue weighted by Gasteiger charge is 2.64. The van der Waals surface area contributed by atoms with E-state index < -0.39 is 97.8 Å². The summed E-state index contributed by atoms with van der Waals surface area (Å²) < 4.78 is 36.1. The van der Waals surface area contributed by atoms with E-state index in [0.29, 0.717) is 31.6 Å². The lowest BCUT2D eigenvalue weighted by atomic mass is 9.47. The van der Waals surface area contributed by atoms with Gasteiger partial charge in [0.05, 0.1) is 31.5 Å². The first-order valence-electron chi connectivity index (χ1n) is 20.8. The Balaban J connectivity index is 1.43. The van der Waals surface area contributed by atoms with Crippen LogP contribution < -0.4 is 0 Å². The molecule has 5 fully saturated rings. The second-order valence-corrected chi connectivity index (χ2v) is 18.6. The van der Waals surface area contributed by atoms with Gasteiger partial charge >= 0.3 is 0 Å². The molecule has 0 aromatic heterocycles. The zero-order valence-corrected chi connectivity index (χ0v) is 34.3. The summed E-state index contributed by atoms with van der Waals surface area (Å²) in [4.78, 5) is 0. The molecule has 6 aliphatic rings. The van der Waals surface area contributed by atoms with Gasteiger partial charge in [-0.15, -0.1) is 0 Å². The van der Waals surface area contributed by atoms with Crippen molar-refractivity contribution < 1.29 is 69.3 Å². The van der Waals surface area contributed by atoms with Gasteiger partial charge in [-0.25, -0.2) is 0 Å². The van der Waals surface area contributed by atoms with E-state index in [-0.39, 0.29) is 35.7 Å². The van der Waals surface area contributed by atoms with Gasteiger partial charge in [-0.3, -0.25) is 0 Å². The summed E-state index contributed by atoms with van der Waals surface area (Å²) in [6.45, 7) is 14.6. The highest BCUT2D eigenvalue weighted by molar-refractivity contribution is 5.40. The van der Waals surface area contributed by atoms with Crippen LogP contribution in [0.25, 0.3) is 0 Å². The molecule has 8 N–H and O–H groups in total. The van der Waals surface area contributed by atoms with Crippen molar-refractivity contribution in [3.63, 3.8) is 0 Å². The van der Waals surface area contributed by atoms with Crippen LogP contribution in [0.2, 0.25) is 0 Å². The molecule has 20 atom stereocenters. The minimum Gasteiger partial charge on any atom is -0.394 e. The van der Waals surface area contributed by atoms with Gasteiger partial charge in [0.25, 0.3) is 0 Å². The van der Waals surface area contributed by atoms with Crippen molar-refractivity contribution in [2.45, 2.75) is 172 Å². The van der Waals surface area contributed by atoms with E-state index in [9.17, 15) is 40.9 Å². The predicted molar refractivity (Wildman–Crippen MR) is 203 cm³/mol. The maximum Gasteiger partial charge on any atom is 0.187 e. The van der Waals surface area contributed by atoms with E-state index in [1.54, 1.807) is 0 Å². The van der Waals surface area contributed by atoms with E-state index in [4.69, 9.17) is 28.4 Å². The number of ether oxygens (including phenoxy) is 6. The van der Waals surface area contributed by atoms with Crippen LogP contribution in [-0.2, 0) is 28.4 Å². The molecule has 2 heterocycles. The number of rotatable bonds is 14. The predicted octanol–water partition coefficient (Wildman–Crippen LogP) is 1.57. The molecule has 2 aliphatic heterocycles. The van der Waals surface area contributed by atoms with E-state index in [1.807, 2.05) is 0 Å². The molecule has 14 heteroatoms. The first kappa shape index (κ1) is 44.5. The van der Waals surface area contributed by atoms with Crippen LogP contribution in [0.4, 0.5) is 0 Å². The number of hydrogen-bond acceptors (Lipinski definition) is 14. The Labute approximate surface area is 331 Å². The van der Waals surface area contributed by atoms with Gasteiger partial charge in [-0.05, 0) is 97.4 Å². The van der Waals surface area contributed by atoms with Crippen LogP contribution >= 0.6 is 0 Å². The summed E-state index contributed by atoms with van der Waals surface area (Å²) in [5.41, 5.74) is 2.31. The highest BCUT2D eigenvalue weighted by Crippen LogP contribution is 2.67. The molecule has 0 aromatic carbocycles. The molecular weight excluding hydrogens is 728 g/mol. The first-order valence-corrected chi connectivity index (χ1v) is 20.8. The summed E-state index contributed by atoms with van der Waals surface area (Å²) in [7, 11) is 2.80. The van der Waals surface area contributed by atoms with Crippen molar-refractivity contribution in [1.82, 2.24) is 0 Å². The molecular formula is C42H70O14. The molecule has 0 bridgehead atoms. The monoisotopic (exact) mass is 798 g/mol. The van der Waals surface area contributed by atoms with Crippen LogP contribution in [0.3, 0.4) is 0 Å². The second kappa shape index (κ2) is 17.5. The maximum absolute atomic E-state index is 12.4. The largest absolute Gasteiger partial charge is 0.394 e. The molecule has 0 radical (unpaired) electrons. The van der Waals surface area contributed by atoms with Gasteiger partial charge < -0.3 is 69.3 Å². The average molecular weight is 799 g/mol. The van der Waals surface area contributed by atoms with Crippen LogP contribution in [0.1, 0.15) is 86.0 Å². The molecule has 6 rings (SSSR count). The fourth-order valence-electron chi connectivity index (χ4n) is 11.8. The van der Waals surface area contributed by atoms with Crippen molar-refractivity contribution in [3.8, 4) is 0 Å². The standard InChI is InChI=1S/C42H70O14/c1-19(2)20(3)9-10-21(4)30-27(53-40-35(50)38(52-8)32(47)28(17-43)54-40)16-24-29-23(12-14-42(24,30)6)41(5)13-11-22(44)15-25(41)31(46)37(29)56-39-34(49)33(48)36(55-39)26(45)18-51-7/h19,21-23,25-28,30-40,43-50H,3,9-18H2,1-2,4-8H3/t21-,22-,23+,25-,26-,27-,28-,30+,31+,32+,33-,34-,35-,36+,37-,38+,39+,40-,41-,42+/m1/s1. The molecule has 3 saturated carbocycles. The third-order valence-corrected chi connectivity index (χ3v) is 15.1. The summed E-state index contributed by atoms with van der Waals surface area (Å²) in [6, 6.07) is 0. The molecule has 14 nitrogen and oxygen atoms in total. The van der Waals surface area contributed by atoms with E-state index in [1.165, 1.54) is 14.2 Å². The topological polar surface area (TPSA) is 217 Å². The van der Waals surface area contributed by atoms with Gasteiger partial charge in [0, 0.05) is 14.2 Å². The Kier molecular flexibility index (Phi) is 13.9. The van der Waals surface area contributed by atoms with Crippen molar-refractivity contribution in [2.75, 3.05) is 27.4 Å². The van der Waals surface area contributed by atoms with Gasteiger partial charge in [-0.1, -0.05) is 52.3 Å². The van der Waals surface area contributed by atoms with Gasteiger partial charge in [0.15, 0.2) is 12.6 Å². The fraction of sp³-hybridized carbons (Fsp3) is 0.905. The lowest BCUT2D eigenvalue weighted by molar-refractivity contribution is -0.318. The van der Waals surface area contributed by atoms with Crippen LogP contribution in [0.15, 0.2) is 23.3 Å². The zero-order chi connectivity index (χ0) is 41.0. The van der Waals surface area contributed by atoms with Crippen molar-refractivity contribution in [3.05, 3.63) is 23.3 Å². The Morgan fingerprint density at radius 2 is 1.59 bits per heavy atom. The Hall–Kier alpha value is -1.08. The maximum atomic E-state index is 12.4. The number of allylic oxidation sites excluding steroid dienone is 1. The lowest BCUT2D eigenvalue weighted by Gasteiger charge is -2.60. The van der Waals surface area contributed by atoms with Gasteiger partial charge in [0.1, 0.15) is 54.9 Å². The molecule has 0 aromatic rings. The summed E-state index contributed by atoms with van der Waals surface area (Å²) in [6.07, 6.45) is -10.4. The summed E-state index contributed by atoms with van der Waals surface area (Å²) >= 11 is 0. The Bertz CT molecular complexity index is 1390. The minimum absolute atomic E-state index is 0.0476. The lowest BCUT2D eigenvalue weighted by Crippen LogP contribution is -2.60. The SMILES string of the molecule is C=C(CC[C@@H](C)[C@H]1[C@H](O[C@@H]2O[C@H](CO)[C@H](O)[C@H](OC)[C@H]2O)CC2=C3[C@@H](O[C@@H]4O[C@@H]([C@H](O)COC)[C@H](O)[C@H]4O)[C@@H](O)[C@H]4C[C@H](O)CC[C@]4(C)[C@H]3CC[C@@]21C)C(C)C. The van der Waals surface area contributed by atoms with Crippen molar-refractivity contribution in [2.24, 2.45) is 40.4 Å². The number of aliphatic hydroxyl groups excluding tert-OH is 8. The zero-order valence-electron chi connectivity index (χ0n) is 34.3. The molecule has 0 unspecified atom stereocenters. The molecule has 4 aliphatic carbocycles. The van der Waals surface area contributed by atoms with Crippen LogP contribution in [0, 0.1) is 40.4 Å². The summed E-state index contributed by atoms with van der Waals surface area (Å²) in [5.74, 6) is -0.0352. The fourth-order valence-corrected chi connectivity index (χ4v) is 11.8. The van der Waals surface area contributed by atoms with E-state index in [2.05, 4.69) is 41.2 Å². The van der Waals surface area contributed by atoms with Crippen molar-refractivity contribution in [1.29, 1.82) is 0 Å². The third-order valence-electron chi connectivity index (χ3n) is 15.1. The number of fused-ring (bicyclic) bond motifs is 4. The molecule has 56 heavy (non-hydrogen) atoms. The second-order valence-electron chi connectivity index (χ2n) is 18.6. The average Bonchev–Trinajstić information content (AvgIpc) is 3.61. The molecule has 0 amide bonds. The third kappa shape index (κ3) is 7.84. The Morgan fingerprint density at radius 1 is 0.893 bits per heavy atom. The highest BCUT2D eigenvalue weighted by atomic mass is 16.7. The van der Waals surface area contributed by atoms with Gasteiger partial charge in [0.2, 0.25) is 0 Å². The van der Waals surface area contributed by atoms with E-state index in [0.717, 1.165) is 42.4 Å². The normalized spacial score (nSPS) is 47.7. The Morgan fingerprint density at radius 3 is 2.23 bits per heavy atom. The minimum atomic E-state index is -1.52. The number of aliphatic hydroxyl groups is 8. The smallest absolute Gasteiger partial charge is 0.187 e. The summed E-state index contributed by atoms with van der Waals surface area (Å²) in [5, 5.41) is 88.5. The van der Waals surface area contributed by atoms with Crippen molar-refractivity contribution >= 4 is 0 Å². The van der Waals surface area contributed by atoms with Gasteiger partial charge in [-0.2, -0.15) is 0 Å². The number of hydrogen-bond donors (Lipinski definition) is 8. The van der Waals surface area contributed by atoms with Crippen LogP contribution in [0.5, 0.6) is 0 Å². The molecule has 2 saturated heterocycles. The quantitative estimate of drug-likeness (QED) is 0.117. The number of methoxy groups -OCH3 is 2. The molecule has 0 spiro atoms. The van der Waals surface area contributed by atoms with E-state index >= 15 is 0 Å². The van der Waals surface area contributed by atoms with Crippen LogP contribution in [-0.4, -0.2) is 154 Å². The first-order chi connectivity index (χ1) is 26.4.